The maximum absolute atomic E-state index is 13.7. The van der Waals surface area contributed by atoms with E-state index < -0.39 is 5.82 Å². The first-order chi connectivity index (χ1) is 11.5. The number of anilines is 1. The second kappa shape index (κ2) is 9.01. The third-order valence-corrected chi connectivity index (χ3v) is 4.40. The Morgan fingerprint density at radius 3 is 2.88 bits per heavy atom. The second-order valence-electron chi connectivity index (χ2n) is 6.07. The predicted molar refractivity (Wildman–Crippen MR) is 92.7 cm³/mol. The zero-order valence-corrected chi connectivity index (χ0v) is 14.9. The number of carbonyl (C=O) groups is 1. The van der Waals surface area contributed by atoms with Gasteiger partial charge in [-0.2, -0.15) is 4.98 Å². The van der Waals surface area contributed by atoms with Gasteiger partial charge in [-0.05, 0) is 50.6 Å². The summed E-state index contributed by atoms with van der Waals surface area (Å²) in [5.41, 5.74) is 0. The molecule has 1 aromatic heterocycles. The van der Waals surface area contributed by atoms with Gasteiger partial charge < -0.3 is 15.5 Å². The van der Waals surface area contributed by atoms with Crippen molar-refractivity contribution in [3.8, 4) is 0 Å². The number of nitrogens with one attached hydrogen (secondary N) is 2. The van der Waals surface area contributed by atoms with Crippen molar-refractivity contribution in [2.24, 2.45) is 0 Å². The number of aromatic nitrogens is 2. The summed E-state index contributed by atoms with van der Waals surface area (Å²) in [4.78, 5) is 21.6. The average Bonchev–Trinajstić information content (AvgIpc) is 2.56. The van der Waals surface area contributed by atoms with Crippen LogP contribution in [0.5, 0.6) is 0 Å². The van der Waals surface area contributed by atoms with E-state index in [0.717, 1.165) is 44.8 Å². The molecule has 0 radical (unpaired) electrons. The molecule has 0 unspecified atom stereocenters. The predicted octanol–water partition coefficient (Wildman–Crippen LogP) is 3.43. The van der Waals surface area contributed by atoms with Gasteiger partial charge in [-0.1, -0.05) is 6.92 Å². The summed E-state index contributed by atoms with van der Waals surface area (Å²) >= 11 is 5.72. The van der Waals surface area contributed by atoms with Crippen LogP contribution in [0.3, 0.4) is 0 Å². The molecule has 1 saturated carbocycles. The summed E-state index contributed by atoms with van der Waals surface area (Å²) in [5, 5.41) is 6.19. The van der Waals surface area contributed by atoms with Crippen molar-refractivity contribution < 1.29 is 9.18 Å². The Morgan fingerprint density at radius 2 is 2.17 bits per heavy atom. The molecule has 1 aliphatic rings. The number of urea groups is 1. The molecular weight excluding hydrogens is 333 g/mol. The van der Waals surface area contributed by atoms with Crippen LogP contribution in [-0.2, 0) is 0 Å². The molecule has 0 spiro atoms. The Kier molecular flexibility index (Phi) is 7.02. The fraction of sp³-hybridized carbons (Fsp3) is 0.688. The maximum atomic E-state index is 13.7. The lowest BCUT2D eigenvalue weighted by Crippen LogP contribution is -2.48. The van der Waals surface area contributed by atoms with Gasteiger partial charge in [-0.25, -0.2) is 14.2 Å². The Hall–Kier alpha value is -1.63. The third-order valence-electron chi connectivity index (χ3n) is 4.22. The Labute approximate surface area is 147 Å². The summed E-state index contributed by atoms with van der Waals surface area (Å²) < 4.78 is 13.7. The van der Waals surface area contributed by atoms with Crippen molar-refractivity contribution in [1.82, 2.24) is 20.2 Å². The monoisotopic (exact) mass is 357 g/mol. The number of carbonyl (C=O) groups excluding carboxylic acids is 1. The van der Waals surface area contributed by atoms with Crippen LogP contribution < -0.4 is 10.6 Å². The maximum Gasteiger partial charge on any atom is 0.317 e. The van der Waals surface area contributed by atoms with Gasteiger partial charge in [0, 0.05) is 25.2 Å². The number of rotatable bonds is 6. The van der Waals surface area contributed by atoms with E-state index in [0.29, 0.717) is 6.54 Å². The first-order valence-electron chi connectivity index (χ1n) is 8.53. The zero-order chi connectivity index (χ0) is 17.5. The molecule has 2 rings (SSSR count). The van der Waals surface area contributed by atoms with E-state index in [-0.39, 0.29) is 29.2 Å². The average molecular weight is 358 g/mol. The van der Waals surface area contributed by atoms with Gasteiger partial charge >= 0.3 is 6.03 Å². The summed E-state index contributed by atoms with van der Waals surface area (Å²) in [6, 6.07) is 0.0991. The zero-order valence-electron chi connectivity index (χ0n) is 14.2. The first-order valence-corrected chi connectivity index (χ1v) is 8.91. The molecule has 1 fully saturated rings. The van der Waals surface area contributed by atoms with E-state index in [9.17, 15) is 9.18 Å². The quantitative estimate of drug-likeness (QED) is 0.765. The van der Waals surface area contributed by atoms with E-state index in [1.807, 2.05) is 6.92 Å². The van der Waals surface area contributed by atoms with Crippen LogP contribution in [0, 0.1) is 5.82 Å². The summed E-state index contributed by atoms with van der Waals surface area (Å²) in [6.45, 7) is 5.47. The first kappa shape index (κ1) is 18.7. The molecule has 8 heteroatoms. The standard InChI is InChI=1S/C16H25ClFN5O/c1-3-8-23(4-2)16(24)21-12-7-5-6-11(9-12)20-14-13(18)10-19-15(17)22-14/h10-12H,3-9H2,1-2H3,(H,21,24)(H,19,20,22)/t11-,12+/m0/s1. The number of nitrogens with zero attached hydrogens (tertiary/aromatic N) is 3. The molecule has 2 atom stereocenters. The smallest absolute Gasteiger partial charge is 0.317 e. The van der Waals surface area contributed by atoms with Crippen molar-refractivity contribution in [2.75, 3.05) is 18.4 Å². The highest BCUT2D eigenvalue weighted by Gasteiger charge is 2.25. The summed E-state index contributed by atoms with van der Waals surface area (Å²) in [6.07, 6.45) is 5.52. The van der Waals surface area contributed by atoms with E-state index in [4.69, 9.17) is 11.6 Å². The van der Waals surface area contributed by atoms with Crippen molar-refractivity contribution in [2.45, 2.75) is 58.0 Å². The minimum Gasteiger partial charge on any atom is -0.365 e. The van der Waals surface area contributed by atoms with E-state index in [1.54, 1.807) is 4.90 Å². The number of halogens is 2. The molecule has 0 aliphatic heterocycles. The fourth-order valence-electron chi connectivity index (χ4n) is 3.03. The van der Waals surface area contributed by atoms with Crippen LogP contribution in [-0.4, -0.2) is 46.1 Å². The molecule has 0 aromatic carbocycles. The summed E-state index contributed by atoms with van der Waals surface area (Å²) in [7, 11) is 0. The SMILES string of the molecule is CCCN(CC)C(=O)N[C@@H]1CCC[C@H](Nc2nc(Cl)ncc2F)C1. The number of hydrogen-bond acceptors (Lipinski definition) is 4. The Bertz CT molecular complexity index is 559. The lowest BCUT2D eigenvalue weighted by molar-refractivity contribution is 0.192. The highest BCUT2D eigenvalue weighted by Crippen LogP contribution is 2.23. The van der Waals surface area contributed by atoms with Gasteiger partial charge in [-0.15, -0.1) is 0 Å². The lowest BCUT2D eigenvalue weighted by Gasteiger charge is -2.32. The minimum absolute atomic E-state index is 0.0118. The minimum atomic E-state index is -0.523. The topological polar surface area (TPSA) is 70.2 Å². The highest BCUT2D eigenvalue weighted by atomic mass is 35.5. The molecule has 6 nitrogen and oxygen atoms in total. The van der Waals surface area contributed by atoms with Crippen LogP contribution in [0.15, 0.2) is 6.20 Å². The lowest BCUT2D eigenvalue weighted by atomic mass is 9.91. The number of hydrogen-bond donors (Lipinski definition) is 2. The Balaban J connectivity index is 1.91. The molecule has 24 heavy (non-hydrogen) atoms. The van der Waals surface area contributed by atoms with Gasteiger partial charge in [0.25, 0.3) is 0 Å². The highest BCUT2D eigenvalue weighted by molar-refractivity contribution is 6.28. The van der Waals surface area contributed by atoms with E-state index >= 15 is 0 Å². The van der Waals surface area contributed by atoms with Gasteiger partial charge in [0.1, 0.15) is 0 Å². The molecule has 134 valence electrons. The molecule has 1 aromatic rings. The van der Waals surface area contributed by atoms with Gasteiger partial charge in [-0.3, -0.25) is 0 Å². The van der Waals surface area contributed by atoms with Crippen molar-refractivity contribution in [1.29, 1.82) is 0 Å². The Morgan fingerprint density at radius 1 is 1.42 bits per heavy atom. The molecule has 0 bridgehead atoms. The molecule has 2 N–H and O–H groups in total. The van der Waals surface area contributed by atoms with Crippen LogP contribution in [0.1, 0.15) is 46.0 Å². The fourth-order valence-corrected chi connectivity index (χ4v) is 3.16. The molecule has 0 saturated heterocycles. The van der Waals surface area contributed by atoms with E-state index in [2.05, 4.69) is 27.5 Å². The van der Waals surface area contributed by atoms with Crippen LogP contribution in [0.25, 0.3) is 0 Å². The number of amides is 2. The molecule has 1 aliphatic carbocycles. The normalized spacial score (nSPS) is 20.5. The van der Waals surface area contributed by atoms with E-state index in [1.165, 1.54) is 0 Å². The van der Waals surface area contributed by atoms with Crippen LogP contribution >= 0.6 is 11.6 Å². The second-order valence-corrected chi connectivity index (χ2v) is 6.41. The third kappa shape index (κ3) is 5.19. The summed E-state index contributed by atoms with van der Waals surface area (Å²) in [5.74, 6) is -0.404. The molecular formula is C16H25ClFN5O. The van der Waals surface area contributed by atoms with Crippen LogP contribution in [0.4, 0.5) is 15.0 Å². The molecule has 2 amide bonds. The van der Waals surface area contributed by atoms with Crippen molar-refractivity contribution in [3.63, 3.8) is 0 Å². The largest absolute Gasteiger partial charge is 0.365 e. The van der Waals surface area contributed by atoms with Crippen molar-refractivity contribution in [3.05, 3.63) is 17.3 Å². The molecule has 1 heterocycles. The van der Waals surface area contributed by atoms with Crippen molar-refractivity contribution >= 4 is 23.4 Å². The van der Waals surface area contributed by atoms with Crippen LogP contribution in [0.2, 0.25) is 5.28 Å². The van der Waals surface area contributed by atoms with Gasteiger partial charge in [0.15, 0.2) is 11.6 Å². The van der Waals surface area contributed by atoms with Gasteiger partial charge in [0.05, 0.1) is 6.20 Å². The van der Waals surface area contributed by atoms with Gasteiger partial charge in [0.2, 0.25) is 5.28 Å².